The van der Waals surface area contributed by atoms with Gasteiger partial charge in [-0.25, -0.2) is 10.9 Å². The van der Waals surface area contributed by atoms with E-state index in [-0.39, 0.29) is 0 Å². The van der Waals surface area contributed by atoms with Crippen LogP contribution in [0.25, 0.3) is 0 Å². The van der Waals surface area contributed by atoms with Gasteiger partial charge in [0.2, 0.25) is 10.3 Å². The smallest absolute Gasteiger partial charge is 0.229 e. The molecule has 52 valence electrons. The Morgan fingerprint density at radius 2 is 2.22 bits per heavy atom. The van der Waals surface area contributed by atoms with E-state index in [0.717, 1.165) is 0 Å². The molecule has 1 heterocycles. The SMILES string of the molecule is O=S(=O)=C1CCNNN1. The van der Waals surface area contributed by atoms with Crippen LogP contribution in [0.4, 0.5) is 0 Å². The molecule has 6 heteroatoms. The molecule has 0 saturated carbocycles. The minimum Gasteiger partial charge on any atom is -0.243 e. The van der Waals surface area contributed by atoms with E-state index in [0.29, 0.717) is 18.0 Å². The van der Waals surface area contributed by atoms with Gasteiger partial charge in [0, 0.05) is 13.0 Å². The molecule has 3 N–H and O–H groups in total. The molecular formula is C3H7N3O2S. The van der Waals surface area contributed by atoms with Crippen LogP contribution in [0.15, 0.2) is 0 Å². The maximum absolute atomic E-state index is 10.2. The summed E-state index contributed by atoms with van der Waals surface area (Å²) >= 11 is 0. The molecule has 0 aromatic heterocycles. The summed E-state index contributed by atoms with van der Waals surface area (Å²) < 4.78 is 20.4. The van der Waals surface area contributed by atoms with Crippen molar-refractivity contribution in [3.63, 3.8) is 0 Å². The molecule has 0 atom stereocenters. The highest BCUT2D eigenvalue weighted by atomic mass is 32.2. The molecule has 0 aromatic carbocycles. The lowest BCUT2D eigenvalue weighted by molar-refractivity contribution is 0.478. The van der Waals surface area contributed by atoms with Gasteiger partial charge in [-0.3, -0.25) is 0 Å². The van der Waals surface area contributed by atoms with Crippen LogP contribution in [0.1, 0.15) is 6.42 Å². The fourth-order valence-corrected chi connectivity index (χ4v) is 0.943. The first-order valence-corrected chi connectivity index (χ1v) is 3.57. The van der Waals surface area contributed by atoms with Crippen LogP contribution in [0.2, 0.25) is 0 Å². The summed E-state index contributed by atoms with van der Waals surface area (Å²) in [6, 6.07) is 0. The summed E-state index contributed by atoms with van der Waals surface area (Å²) in [4.78, 5) is 0.300. The molecule has 0 aromatic rings. The Hall–Kier alpha value is -0.430. The van der Waals surface area contributed by atoms with Gasteiger partial charge in [0.1, 0.15) is 4.99 Å². The highest BCUT2D eigenvalue weighted by Crippen LogP contribution is 1.78. The van der Waals surface area contributed by atoms with Gasteiger partial charge in [-0.1, -0.05) is 0 Å². The second-order valence-electron chi connectivity index (χ2n) is 1.58. The van der Waals surface area contributed by atoms with Crippen LogP contribution in [0, 0.1) is 0 Å². The molecule has 0 amide bonds. The Morgan fingerprint density at radius 3 is 2.56 bits per heavy atom. The van der Waals surface area contributed by atoms with E-state index in [9.17, 15) is 8.42 Å². The van der Waals surface area contributed by atoms with Gasteiger partial charge < -0.3 is 0 Å². The lowest BCUT2D eigenvalue weighted by Gasteiger charge is -2.13. The molecule has 1 aliphatic heterocycles. The second kappa shape index (κ2) is 2.92. The Balaban J connectivity index is 2.72. The number of hydrogen-bond donors (Lipinski definition) is 3. The molecule has 1 aliphatic rings. The van der Waals surface area contributed by atoms with Crippen LogP contribution in [-0.2, 0) is 10.3 Å². The maximum atomic E-state index is 10.2. The Labute approximate surface area is 53.9 Å². The molecule has 0 bridgehead atoms. The van der Waals surface area contributed by atoms with Gasteiger partial charge in [-0.15, -0.1) is 0 Å². The predicted octanol–water partition coefficient (Wildman–Crippen LogP) is -2.00. The third kappa shape index (κ3) is 1.75. The van der Waals surface area contributed by atoms with Crippen molar-refractivity contribution in [2.75, 3.05) is 6.54 Å². The fourth-order valence-electron chi connectivity index (χ4n) is 0.540. The second-order valence-corrected chi connectivity index (χ2v) is 2.55. The Bertz CT molecular complexity index is 203. The molecule has 0 radical (unpaired) electrons. The van der Waals surface area contributed by atoms with E-state index >= 15 is 0 Å². The number of hydrazine groups is 2. The quantitative estimate of drug-likeness (QED) is 0.347. The zero-order chi connectivity index (χ0) is 6.69. The van der Waals surface area contributed by atoms with Gasteiger partial charge in [0.25, 0.3) is 0 Å². The molecule has 9 heavy (non-hydrogen) atoms. The first kappa shape index (κ1) is 6.69. The van der Waals surface area contributed by atoms with Crippen molar-refractivity contribution in [3.8, 4) is 0 Å². The summed E-state index contributed by atoms with van der Waals surface area (Å²) in [5, 5.41) is 0. The van der Waals surface area contributed by atoms with Crippen molar-refractivity contribution >= 4 is 15.3 Å². The molecule has 0 unspecified atom stereocenters. The van der Waals surface area contributed by atoms with E-state index in [2.05, 4.69) is 16.4 Å². The van der Waals surface area contributed by atoms with E-state index in [4.69, 9.17) is 0 Å². The lowest BCUT2D eigenvalue weighted by Crippen LogP contribution is -2.52. The lowest BCUT2D eigenvalue weighted by atomic mass is 10.4. The van der Waals surface area contributed by atoms with Gasteiger partial charge in [-0.05, 0) is 0 Å². The topological polar surface area (TPSA) is 70.2 Å². The zero-order valence-corrected chi connectivity index (χ0v) is 5.46. The molecule has 5 nitrogen and oxygen atoms in total. The van der Waals surface area contributed by atoms with E-state index in [1.807, 2.05) is 0 Å². The molecule has 1 saturated heterocycles. The van der Waals surface area contributed by atoms with Crippen molar-refractivity contribution in [1.29, 1.82) is 0 Å². The highest BCUT2D eigenvalue weighted by molar-refractivity contribution is 7.72. The summed E-state index contributed by atoms with van der Waals surface area (Å²) in [6.45, 7) is 0.635. The van der Waals surface area contributed by atoms with Crippen LogP contribution in [0.3, 0.4) is 0 Å². The van der Waals surface area contributed by atoms with Gasteiger partial charge in [0.15, 0.2) is 0 Å². The summed E-state index contributed by atoms with van der Waals surface area (Å²) in [6.07, 6.45) is 0.517. The summed E-state index contributed by atoms with van der Waals surface area (Å²) in [5.74, 6) is 0. The van der Waals surface area contributed by atoms with Gasteiger partial charge >= 0.3 is 0 Å². The number of rotatable bonds is 0. The molecule has 1 fully saturated rings. The average Bonchev–Trinajstić information content (AvgIpc) is 1.90. The highest BCUT2D eigenvalue weighted by Gasteiger charge is 2.04. The molecule has 0 spiro atoms. The Morgan fingerprint density at radius 1 is 1.44 bits per heavy atom. The van der Waals surface area contributed by atoms with Crippen LogP contribution in [0.5, 0.6) is 0 Å². The largest absolute Gasteiger partial charge is 0.243 e. The first-order valence-electron chi connectivity index (χ1n) is 2.49. The van der Waals surface area contributed by atoms with E-state index < -0.39 is 10.3 Å². The molecule has 0 aliphatic carbocycles. The van der Waals surface area contributed by atoms with Crippen molar-refractivity contribution in [2.45, 2.75) is 6.42 Å². The van der Waals surface area contributed by atoms with Crippen molar-refractivity contribution in [1.82, 2.24) is 16.4 Å². The van der Waals surface area contributed by atoms with Crippen LogP contribution < -0.4 is 16.4 Å². The van der Waals surface area contributed by atoms with Gasteiger partial charge in [0.05, 0.1) is 0 Å². The van der Waals surface area contributed by atoms with Crippen molar-refractivity contribution in [2.24, 2.45) is 0 Å². The fraction of sp³-hybridized carbons (Fsp3) is 0.667. The third-order valence-corrected chi connectivity index (χ3v) is 1.68. The monoisotopic (exact) mass is 149 g/mol. The number of hydrogen-bond acceptors (Lipinski definition) is 4. The normalized spacial score (nSPS) is 19.8. The standard InChI is InChI=1S/C3H7N3O2S/c7-9(8)3-1-2-4-6-5-3/h4-6H,1-2H2. The minimum absolute atomic E-state index is 0.300. The predicted molar refractivity (Wildman–Crippen MR) is 32.8 cm³/mol. The Kier molecular flexibility index (Phi) is 2.17. The zero-order valence-electron chi connectivity index (χ0n) is 4.64. The third-order valence-electron chi connectivity index (χ3n) is 0.969. The van der Waals surface area contributed by atoms with Gasteiger partial charge in [-0.2, -0.15) is 14.0 Å². The average molecular weight is 149 g/mol. The minimum atomic E-state index is -2.10. The number of nitrogens with one attached hydrogen (secondary N) is 3. The van der Waals surface area contributed by atoms with Crippen molar-refractivity contribution in [3.05, 3.63) is 0 Å². The van der Waals surface area contributed by atoms with Crippen molar-refractivity contribution < 1.29 is 8.42 Å². The summed E-state index contributed by atoms with van der Waals surface area (Å²) in [7, 11) is -2.10. The maximum Gasteiger partial charge on any atom is 0.229 e. The first-order chi connectivity index (χ1) is 4.30. The summed E-state index contributed by atoms with van der Waals surface area (Å²) in [5.41, 5.74) is 7.66. The molecular weight excluding hydrogens is 142 g/mol. The van der Waals surface area contributed by atoms with Crippen LogP contribution >= 0.6 is 0 Å². The van der Waals surface area contributed by atoms with E-state index in [1.165, 1.54) is 0 Å². The van der Waals surface area contributed by atoms with Crippen LogP contribution in [-0.4, -0.2) is 20.0 Å². The van der Waals surface area contributed by atoms with E-state index in [1.54, 1.807) is 0 Å². The molecule has 1 rings (SSSR count).